The molecule has 0 spiro atoms. The molecule has 1 aromatic heterocycles. The first kappa shape index (κ1) is 21.6. The molecule has 1 aliphatic rings. The first-order valence-electron chi connectivity index (χ1n) is 10.1. The molecule has 2 aromatic carbocycles. The molecule has 3 aromatic rings. The molecule has 4 amide bonds. The lowest BCUT2D eigenvalue weighted by atomic mass is 9.92. The maximum Gasteiger partial charge on any atom is 0.344 e. The molecule has 9 heteroatoms. The highest BCUT2D eigenvalue weighted by Crippen LogP contribution is 2.27. The number of H-pyrrole nitrogens is 1. The molecule has 0 saturated carbocycles. The monoisotopic (exact) mass is 449 g/mol. The Kier molecular flexibility index (Phi) is 6.00. The fourth-order valence-electron chi connectivity index (χ4n) is 3.50. The molecular weight excluding hydrogens is 426 g/mol. The Morgan fingerprint density at radius 3 is 2.44 bits per heavy atom. The largest absolute Gasteiger partial charge is 0.344 e. The summed E-state index contributed by atoms with van der Waals surface area (Å²) >= 11 is 1.21. The first-order valence-corrected chi connectivity index (χ1v) is 11.1. The number of aryl methyl sites for hydroxylation is 1. The minimum atomic E-state index is -1.23. The summed E-state index contributed by atoms with van der Waals surface area (Å²) in [5.74, 6) is -1.02. The van der Waals surface area contributed by atoms with E-state index in [9.17, 15) is 14.4 Å². The average molecular weight is 450 g/mol. The third-order valence-electron chi connectivity index (χ3n) is 5.30. The Labute approximate surface area is 189 Å². The number of hydrogen-bond donors (Lipinski definition) is 3. The topological polar surface area (TPSA) is 107 Å². The Morgan fingerprint density at radius 1 is 1.09 bits per heavy atom. The number of benzene rings is 2. The van der Waals surface area contributed by atoms with E-state index in [1.165, 1.54) is 11.8 Å². The highest BCUT2D eigenvalue weighted by molar-refractivity contribution is 7.99. The molecule has 2 heterocycles. The molecule has 0 aliphatic carbocycles. The van der Waals surface area contributed by atoms with Crippen molar-refractivity contribution in [3.8, 4) is 0 Å². The van der Waals surface area contributed by atoms with Crippen LogP contribution in [0.4, 0.5) is 4.79 Å². The van der Waals surface area contributed by atoms with Crippen molar-refractivity contribution in [3.63, 3.8) is 0 Å². The number of carbonyl (C=O) groups is 3. The highest BCUT2D eigenvalue weighted by atomic mass is 32.2. The van der Waals surface area contributed by atoms with Gasteiger partial charge in [0, 0.05) is 12.1 Å². The van der Waals surface area contributed by atoms with Crippen molar-refractivity contribution in [3.05, 3.63) is 83.2 Å². The molecule has 164 valence electrons. The summed E-state index contributed by atoms with van der Waals surface area (Å²) in [6.07, 6.45) is 0.691. The first-order chi connectivity index (χ1) is 15.4. The summed E-state index contributed by atoms with van der Waals surface area (Å²) in [7, 11) is 0. The lowest BCUT2D eigenvalue weighted by Gasteiger charge is -2.22. The van der Waals surface area contributed by atoms with Gasteiger partial charge in [-0.2, -0.15) is 5.01 Å². The summed E-state index contributed by atoms with van der Waals surface area (Å²) in [4.78, 5) is 45.4. The second-order valence-electron chi connectivity index (χ2n) is 7.66. The second-order valence-corrected chi connectivity index (χ2v) is 8.63. The van der Waals surface area contributed by atoms with Crippen LogP contribution in [0.25, 0.3) is 0 Å². The van der Waals surface area contributed by atoms with Crippen LogP contribution in [0.15, 0.2) is 65.8 Å². The number of imidazole rings is 1. The van der Waals surface area contributed by atoms with Crippen LogP contribution in [0, 0.1) is 6.92 Å². The number of urea groups is 1. The molecular formula is C23H23N5O3S. The van der Waals surface area contributed by atoms with Crippen molar-refractivity contribution in [1.82, 2.24) is 25.7 Å². The van der Waals surface area contributed by atoms with E-state index >= 15 is 0 Å². The zero-order chi connectivity index (χ0) is 22.7. The fourth-order valence-corrected chi connectivity index (χ4v) is 4.23. The molecule has 1 atom stereocenters. The fraction of sp³-hybridized carbons (Fsp3) is 0.217. The van der Waals surface area contributed by atoms with Gasteiger partial charge in [-0.1, -0.05) is 72.4 Å². The van der Waals surface area contributed by atoms with Gasteiger partial charge < -0.3 is 10.3 Å². The Balaban J connectivity index is 1.36. The van der Waals surface area contributed by atoms with E-state index in [-0.39, 0.29) is 5.75 Å². The van der Waals surface area contributed by atoms with Gasteiger partial charge in [0.1, 0.15) is 5.54 Å². The van der Waals surface area contributed by atoms with Crippen LogP contribution in [0.2, 0.25) is 0 Å². The van der Waals surface area contributed by atoms with Crippen molar-refractivity contribution in [2.24, 2.45) is 0 Å². The number of carbonyl (C=O) groups excluding carboxylic acids is 3. The standard InChI is InChI=1S/C23H23N5O3S/c1-15-18(13-16-9-5-3-6-10-16)25-21(24-15)32-14-19(29)27-28-20(30)23(2,26-22(28)31)17-11-7-4-8-12-17/h3-12H,13-14H2,1-2H3,(H,24,25)(H,26,31)(H,27,29). The van der Waals surface area contributed by atoms with Crippen molar-refractivity contribution in [2.75, 3.05) is 5.75 Å². The molecule has 4 rings (SSSR count). The van der Waals surface area contributed by atoms with Gasteiger partial charge in [-0.3, -0.25) is 15.0 Å². The molecule has 1 saturated heterocycles. The SMILES string of the molecule is Cc1[nH]c(SCC(=O)NN2C(=O)NC(C)(c3ccccc3)C2=O)nc1Cc1ccccc1. The smallest absolute Gasteiger partial charge is 0.337 e. The minimum Gasteiger partial charge on any atom is -0.337 e. The highest BCUT2D eigenvalue weighted by Gasteiger charge is 2.49. The van der Waals surface area contributed by atoms with Gasteiger partial charge in [-0.25, -0.2) is 9.78 Å². The van der Waals surface area contributed by atoms with Gasteiger partial charge in [0.2, 0.25) is 5.91 Å². The normalized spacial score (nSPS) is 18.0. The zero-order valence-electron chi connectivity index (χ0n) is 17.7. The quantitative estimate of drug-likeness (QED) is 0.380. The van der Waals surface area contributed by atoms with Gasteiger partial charge in [0.15, 0.2) is 5.16 Å². The maximum absolute atomic E-state index is 12.9. The van der Waals surface area contributed by atoms with E-state index in [0.29, 0.717) is 17.1 Å². The zero-order valence-corrected chi connectivity index (χ0v) is 18.5. The predicted molar refractivity (Wildman–Crippen MR) is 121 cm³/mol. The summed E-state index contributed by atoms with van der Waals surface area (Å²) in [5.41, 5.74) is 4.81. The number of amides is 4. The summed E-state index contributed by atoms with van der Waals surface area (Å²) in [6, 6.07) is 18.2. The Morgan fingerprint density at radius 2 is 1.75 bits per heavy atom. The van der Waals surface area contributed by atoms with Gasteiger partial charge >= 0.3 is 6.03 Å². The molecule has 0 bridgehead atoms. The second kappa shape index (κ2) is 8.88. The number of hydrogen-bond acceptors (Lipinski definition) is 5. The number of nitrogens with one attached hydrogen (secondary N) is 3. The van der Waals surface area contributed by atoms with Crippen LogP contribution in [0.1, 0.15) is 29.4 Å². The van der Waals surface area contributed by atoms with Crippen LogP contribution in [0.5, 0.6) is 0 Å². The van der Waals surface area contributed by atoms with E-state index in [1.807, 2.05) is 43.3 Å². The van der Waals surface area contributed by atoms with Crippen LogP contribution >= 0.6 is 11.8 Å². The number of imide groups is 1. The van der Waals surface area contributed by atoms with E-state index < -0.39 is 23.4 Å². The van der Waals surface area contributed by atoms with Crippen molar-refractivity contribution >= 4 is 29.6 Å². The van der Waals surface area contributed by atoms with E-state index in [0.717, 1.165) is 22.0 Å². The lowest BCUT2D eigenvalue weighted by molar-refractivity contribution is -0.138. The van der Waals surface area contributed by atoms with Crippen molar-refractivity contribution < 1.29 is 14.4 Å². The van der Waals surface area contributed by atoms with Gasteiger partial charge in [0.25, 0.3) is 5.91 Å². The summed E-state index contributed by atoms with van der Waals surface area (Å²) in [6.45, 7) is 3.55. The predicted octanol–water partition coefficient (Wildman–Crippen LogP) is 2.90. The van der Waals surface area contributed by atoms with Gasteiger partial charge in [0.05, 0.1) is 11.4 Å². The number of thioether (sulfide) groups is 1. The lowest BCUT2D eigenvalue weighted by Crippen LogP contribution is -2.48. The molecule has 8 nitrogen and oxygen atoms in total. The van der Waals surface area contributed by atoms with Crippen LogP contribution in [-0.2, 0) is 21.5 Å². The third kappa shape index (κ3) is 4.38. The van der Waals surface area contributed by atoms with Crippen molar-refractivity contribution in [2.45, 2.75) is 31.0 Å². The molecule has 1 aliphatic heterocycles. The average Bonchev–Trinajstić information content (AvgIpc) is 3.25. The molecule has 0 radical (unpaired) electrons. The van der Waals surface area contributed by atoms with E-state index in [1.54, 1.807) is 31.2 Å². The number of nitrogens with zero attached hydrogens (tertiary/aromatic N) is 2. The number of aromatic nitrogens is 2. The van der Waals surface area contributed by atoms with Crippen LogP contribution < -0.4 is 10.7 Å². The third-order valence-corrected chi connectivity index (χ3v) is 6.17. The summed E-state index contributed by atoms with van der Waals surface area (Å²) in [5, 5.41) is 4.00. The summed E-state index contributed by atoms with van der Waals surface area (Å²) < 4.78 is 0. The maximum atomic E-state index is 12.9. The van der Waals surface area contributed by atoms with E-state index in [2.05, 4.69) is 20.7 Å². The number of rotatable bonds is 7. The Hall–Kier alpha value is -3.59. The molecule has 32 heavy (non-hydrogen) atoms. The van der Waals surface area contributed by atoms with Gasteiger partial charge in [-0.15, -0.1) is 0 Å². The van der Waals surface area contributed by atoms with Gasteiger partial charge in [-0.05, 0) is 25.0 Å². The molecule has 3 N–H and O–H groups in total. The van der Waals surface area contributed by atoms with Crippen molar-refractivity contribution in [1.29, 1.82) is 0 Å². The number of aromatic amines is 1. The van der Waals surface area contributed by atoms with Crippen LogP contribution in [-0.4, -0.2) is 38.6 Å². The molecule has 1 unspecified atom stereocenters. The van der Waals surface area contributed by atoms with Crippen LogP contribution in [0.3, 0.4) is 0 Å². The Bertz CT molecular complexity index is 1150. The van der Waals surface area contributed by atoms with E-state index in [4.69, 9.17) is 0 Å². The molecule has 1 fully saturated rings. The minimum absolute atomic E-state index is 0.00313. The number of hydrazine groups is 1.